The van der Waals surface area contributed by atoms with Crippen molar-refractivity contribution >= 4 is 38.5 Å². The van der Waals surface area contributed by atoms with Gasteiger partial charge in [-0.25, -0.2) is 13.4 Å². The Bertz CT molecular complexity index is 1150. The smallest absolute Gasteiger partial charge is 0.236 e. The zero-order chi connectivity index (χ0) is 19.7. The highest BCUT2D eigenvalue weighted by Crippen LogP contribution is 2.33. The van der Waals surface area contributed by atoms with Crippen molar-refractivity contribution in [2.45, 2.75) is 12.8 Å². The third kappa shape index (κ3) is 3.91. The van der Waals surface area contributed by atoms with Crippen LogP contribution in [0, 0.1) is 5.92 Å². The summed E-state index contributed by atoms with van der Waals surface area (Å²) in [7, 11) is -3.44. The van der Waals surface area contributed by atoms with Crippen LogP contribution in [0.2, 0.25) is 0 Å². The Morgan fingerprint density at radius 3 is 2.68 bits per heavy atom. The predicted molar refractivity (Wildman–Crippen MR) is 110 cm³/mol. The second-order valence-corrected chi connectivity index (χ2v) is 8.57. The highest BCUT2D eigenvalue weighted by Gasteiger charge is 2.30. The van der Waals surface area contributed by atoms with E-state index in [1.165, 1.54) is 6.08 Å². The molecule has 1 saturated carbocycles. The summed E-state index contributed by atoms with van der Waals surface area (Å²) >= 11 is 0. The summed E-state index contributed by atoms with van der Waals surface area (Å²) in [6, 6.07) is 10.8. The summed E-state index contributed by atoms with van der Waals surface area (Å²) in [4.78, 5) is 19.6. The van der Waals surface area contributed by atoms with Crippen molar-refractivity contribution in [1.82, 2.24) is 9.97 Å². The number of hydrogen-bond donors (Lipinski definition) is 3. The number of fused-ring (bicyclic) bond motifs is 1. The lowest BCUT2D eigenvalue weighted by molar-refractivity contribution is -0.117. The second kappa shape index (κ2) is 7.12. The molecule has 0 unspecified atom stereocenters. The monoisotopic (exact) mass is 396 g/mol. The minimum absolute atomic E-state index is 0.00340. The summed E-state index contributed by atoms with van der Waals surface area (Å²) < 4.78 is 26.2. The van der Waals surface area contributed by atoms with Crippen molar-refractivity contribution < 1.29 is 13.2 Å². The lowest BCUT2D eigenvalue weighted by Gasteiger charge is -2.10. The first-order valence-corrected chi connectivity index (χ1v) is 10.6. The molecule has 0 aliphatic heterocycles. The van der Waals surface area contributed by atoms with Crippen molar-refractivity contribution in [2.24, 2.45) is 5.92 Å². The zero-order valence-corrected chi connectivity index (χ0v) is 15.9. The van der Waals surface area contributed by atoms with E-state index in [9.17, 15) is 13.2 Å². The van der Waals surface area contributed by atoms with Crippen LogP contribution in [-0.2, 0) is 14.8 Å². The Kier molecular flexibility index (Phi) is 4.64. The van der Waals surface area contributed by atoms with Crippen LogP contribution in [0.4, 0.5) is 11.5 Å². The maximum atomic E-state index is 12.1. The fourth-order valence-electron chi connectivity index (χ4n) is 3.01. The number of nitrogens with one attached hydrogen (secondary N) is 3. The lowest BCUT2D eigenvalue weighted by Crippen LogP contribution is -2.15. The van der Waals surface area contributed by atoms with Crippen LogP contribution in [0.3, 0.4) is 0 Å². The van der Waals surface area contributed by atoms with Gasteiger partial charge in [-0.2, -0.15) is 0 Å². The second-order valence-electron chi connectivity index (χ2n) is 6.81. The summed E-state index contributed by atoms with van der Waals surface area (Å²) in [5.41, 5.74) is 2.95. The number of aromatic amines is 1. The predicted octanol–water partition coefficient (Wildman–Crippen LogP) is 3.51. The van der Waals surface area contributed by atoms with E-state index < -0.39 is 10.0 Å². The van der Waals surface area contributed by atoms with Gasteiger partial charge in [-0.3, -0.25) is 9.52 Å². The standard InChI is InChI=1S/C20H20N4O3S/c1-2-11-28(26,27)24-15-7-5-13(6-8-15)17-12-18(23-20(25)14-3-4-14)22-19-16(17)9-10-21-19/h2,5-10,12,14,24H,1,3-4,11H2,(H2,21,22,23,25). The maximum absolute atomic E-state index is 12.1. The minimum Gasteiger partial charge on any atom is -0.346 e. The van der Waals surface area contributed by atoms with Gasteiger partial charge in [0.25, 0.3) is 0 Å². The van der Waals surface area contributed by atoms with Gasteiger partial charge >= 0.3 is 0 Å². The first-order chi connectivity index (χ1) is 13.4. The van der Waals surface area contributed by atoms with E-state index in [0.717, 1.165) is 29.4 Å². The van der Waals surface area contributed by atoms with Crippen molar-refractivity contribution in [2.75, 3.05) is 15.8 Å². The molecule has 0 bridgehead atoms. The topological polar surface area (TPSA) is 104 Å². The molecule has 28 heavy (non-hydrogen) atoms. The first kappa shape index (κ1) is 18.2. The third-order valence-electron chi connectivity index (χ3n) is 4.53. The first-order valence-electron chi connectivity index (χ1n) is 8.96. The van der Waals surface area contributed by atoms with E-state index in [1.54, 1.807) is 18.3 Å². The largest absolute Gasteiger partial charge is 0.346 e. The molecular weight excluding hydrogens is 376 g/mol. The highest BCUT2D eigenvalue weighted by atomic mass is 32.2. The average Bonchev–Trinajstić information content (AvgIpc) is 3.40. The molecule has 1 aromatic carbocycles. The number of amides is 1. The number of anilines is 2. The Labute approximate surface area is 162 Å². The van der Waals surface area contributed by atoms with E-state index in [2.05, 4.69) is 26.6 Å². The summed E-state index contributed by atoms with van der Waals surface area (Å²) in [6.45, 7) is 3.45. The number of carbonyl (C=O) groups excluding carboxylic acids is 1. The fraction of sp³-hybridized carbons (Fsp3) is 0.200. The van der Waals surface area contributed by atoms with Crippen LogP contribution >= 0.6 is 0 Å². The maximum Gasteiger partial charge on any atom is 0.236 e. The molecule has 1 aliphatic rings. The number of sulfonamides is 1. The molecule has 1 aliphatic carbocycles. The van der Waals surface area contributed by atoms with E-state index in [1.807, 2.05) is 24.3 Å². The molecule has 1 amide bonds. The molecule has 7 nitrogen and oxygen atoms in total. The van der Waals surface area contributed by atoms with Gasteiger partial charge in [-0.05, 0) is 48.2 Å². The SMILES string of the molecule is C=CCS(=O)(=O)Nc1ccc(-c2cc(NC(=O)C3CC3)nc3[nH]ccc23)cc1. The quantitative estimate of drug-likeness (QED) is 0.532. The number of nitrogens with zero attached hydrogens (tertiary/aromatic N) is 1. The number of hydrogen-bond acceptors (Lipinski definition) is 4. The number of carbonyl (C=O) groups is 1. The van der Waals surface area contributed by atoms with Gasteiger partial charge in [0.1, 0.15) is 11.5 Å². The van der Waals surface area contributed by atoms with Crippen LogP contribution < -0.4 is 10.0 Å². The van der Waals surface area contributed by atoms with Gasteiger partial charge in [-0.15, -0.1) is 6.58 Å². The molecule has 144 valence electrons. The van der Waals surface area contributed by atoms with Crippen LogP contribution in [0.15, 0.2) is 55.3 Å². The van der Waals surface area contributed by atoms with E-state index in [4.69, 9.17) is 0 Å². The van der Waals surface area contributed by atoms with Crippen molar-refractivity contribution in [3.8, 4) is 11.1 Å². The molecule has 3 N–H and O–H groups in total. The Hall–Kier alpha value is -3.13. The van der Waals surface area contributed by atoms with E-state index in [0.29, 0.717) is 17.2 Å². The number of rotatable bonds is 7. The van der Waals surface area contributed by atoms with Crippen molar-refractivity contribution in [3.63, 3.8) is 0 Å². The van der Waals surface area contributed by atoms with E-state index >= 15 is 0 Å². The average molecular weight is 396 g/mol. The van der Waals surface area contributed by atoms with Gasteiger partial charge in [0.2, 0.25) is 15.9 Å². The van der Waals surface area contributed by atoms with Crippen molar-refractivity contribution in [1.29, 1.82) is 0 Å². The van der Waals surface area contributed by atoms with Crippen molar-refractivity contribution in [3.05, 3.63) is 55.3 Å². The van der Waals surface area contributed by atoms with Gasteiger partial charge in [0.15, 0.2) is 0 Å². The number of H-pyrrole nitrogens is 1. The highest BCUT2D eigenvalue weighted by molar-refractivity contribution is 7.92. The number of benzene rings is 1. The van der Waals surface area contributed by atoms with Crippen LogP contribution in [0.1, 0.15) is 12.8 Å². The molecule has 0 saturated heterocycles. The van der Waals surface area contributed by atoms with Crippen LogP contribution in [-0.4, -0.2) is 30.0 Å². The van der Waals surface area contributed by atoms with Gasteiger partial charge in [0.05, 0.1) is 5.75 Å². The molecule has 0 spiro atoms. The Morgan fingerprint density at radius 2 is 2.00 bits per heavy atom. The van der Waals surface area contributed by atoms with E-state index in [-0.39, 0.29) is 17.6 Å². The molecule has 3 aromatic rings. The van der Waals surface area contributed by atoms with Gasteiger partial charge in [-0.1, -0.05) is 18.2 Å². The molecule has 2 heterocycles. The Morgan fingerprint density at radius 1 is 1.25 bits per heavy atom. The molecule has 0 atom stereocenters. The lowest BCUT2D eigenvalue weighted by atomic mass is 10.0. The van der Waals surface area contributed by atoms with Crippen LogP contribution in [0.5, 0.6) is 0 Å². The third-order valence-corrected chi connectivity index (χ3v) is 5.76. The molecule has 0 radical (unpaired) electrons. The van der Waals surface area contributed by atoms with Gasteiger partial charge in [0, 0.05) is 23.2 Å². The molecule has 4 rings (SSSR count). The minimum atomic E-state index is -3.44. The van der Waals surface area contributed by atoms with Gasteiger partial charge < -0.3 is 10.3 Å². The number of pyridine rings is 1. The Balaban J connectivity index is 1.65. The fourth-order valence-corrected chi connectivity index (χ4v) is 3.90. The molecule has 8 heteroatoms. The zero-order valence-electron chi connectivity index (χ0n) is 15.1. The number of aromatic nitrogens is 2. The molecule has 2 aromatic heterocycles. The molecular formula is C20H20N4O3S. The normalized spacial score (nSPS) is 14.0. The van der Waals surface area contributed by atoms with Crippen LogP contribution in [0.25, 0.3) is 22.2 Å². The summed E-state index contributed by atoms with van der Waals surface area (Å²) in [5, 5.41) is 3.80. The molecule has 1 fully saturated rings. The summed E-state index contributed by atoms with van der Waals surface area (Å²) in [5.74, 6) is 0.439. The summed E-state index contributed by atoms with van der Waals surface area (Å²) in [6.07, 6.45) is 4.98.